The largest absolute Gasteiger partial charge is 0.455 e. The number of hydrogen-bond acceptors (Lipinski definition) is 4. The van der Waals surface area contributed by atoms with E-state index in [9.17, 15) is 0 Å². The summed E-state index contributed by atoms with van der Waals surface area (Å²) in [6.45, 7) is 17.1. The van der Waals surface area contributed by atoms with Crippen LogP contribution in [0.5, 0.6) is 0 Å². The van der Waals surface area contributed by atoms with Crippen molar-refractivity contribution in [2.75, 3.05) is 9.71 Å². The molecule has 0 radical (unpaired) electrons. The van der Waals surface area contributed by atoms with E-state index in [1.54, 1.807) is 5.56 Å². The Kier molecular flexibility index (Phi) is 10.7. The highest BCUT2D eigenvalue weighted by Crippen LogP contribution is 2.59. The van der Waals surface area contributed by atoms with E-state index in [2.05, 4.69) is 216 Å². The van der Waals surface area contributed by atoms with E-state index >= 15 is 0 Å². The fourth-order valence-corrected chi connectivity index (χ4v) is 19.5. The van der Waals surface area contributed by atoms with Gasteiger partial charge in [-0.15, -0.1) is 11.3 Å². The highest BCUT2D eigenvalue weighted by molar-refractivity contribution is 7.32. The van der Waals surface area contributed by atoms with Crippen molar-refractivity contribution >= 4 is 99.7 Å². The first kappa shape index (κ1) is 48.4. The van der Waals surface area contributed by atoms with Crippen molar-refractivity contribution < 1.29 is 4.42 Å². The molecule has 4 bridgehead atoms. The van der Waals surface area contributed by atoms with E-state index < -0.39 is 0 Å². The number of anilines is 5. The zero-order valence-corrected chi connectivity index (χ0v) is 48.2. The molecule has 7 aliphatic rings. The van der Waals surface area contributed by atoms with Crippen molar-refractivity contribution in [2.45, 2.75) is 129 Å². The molecular formula is C74H73BN2OS. The van der Waals surface area contributed by atoms with Crippen LogP contribution >= 0.6 is 11.3 Å². The van der Waals surface area contributed by atoms with Crippen LogP contribution in [0.15, 0.2) is 162 Å². The first-order valence-electron chi connectivity index (χ1n) is 30.3. The van der Waals surface area contributed by atoms with Gasteiger partial charge in [0.15, 0.2) is 0 Å². The zero-order chi connectivity index (χ0) is 53.3. The molecule has 0 amide bonds. The van der Waals surface area contributed by atoms with E-state index in [0.717, 1.165) is 34.8 Å². The third kappa shape index (κ3) is 7.35. The van der Waals surface area contributed by atoms with Gasteiger partial charge >= 0.3 is 6.85 Å². The summed E-state index contributed by atoms with van der Waals surface area (Å²) in [5.41, 5.74) is 19.4. The molecule has 4 heterocycles. The molecule has 2 aliphatic heterocycles. The average Bonchev–Trinajstić information content (AvgIpc) is 3.61. The van der Waals surface area contributed by atoms with Gasteiger partial charge in [0.05, 0.1) is 11.4 Å². The maximum Gasteiger partial charge on any atom is 0.343 e. The molecule has 6 atom stereocenters. The van der Waals surface area contributed by atoms with Crippen LogP contribution in [0.3, 0.4) is 0 Å². The topological polar surface area (TPSA) is 19.6 Å². The molecule has 6 unspecified atom stereocenters. The molecule has 79 heavy (non-hydrogen) atoms. The van der Waals surface area contributed by atoms with Crippen molar-refractivity contribution in [3.8, 4) is 22.3 Å². The maximum absolute atomic E-state index is 7.41. The van der Waals surface area contributed by atoms with Gasteiger partial charge in [-0.3, -0.25) is 0 Å². The van der Waals surface area contributed by atoms with Gasteiger partial charge < -0.3 is 14.1 Å². The van der Waals surface area contributed by atoms with Gasteiger partial charge in [0.25, 0.3) is 0 Å². The summed E-state index contributed by atoms with van der Waals surface area (Å²) in [6, 6.07) is 62.0. The minimum atomic E-state index is -0.133. The summed E-state index contributed by atoms with van der Waals surface area (Å²) in [5, 5.41) is 6.20. The Morgan fingerprint density at radius 3 is 2.05 bits per heavy atom. The normalized spacial score (nSPS) is 26.2. The van der Waals surface area contributed by atoms with Gasteiger partial charge in [-0.25, -0.2) is 0 Å². The van der Waals surface area contributed by atoms with Crippen molar-refractivity contribution in [3.05, 3.63) is 174 Å². The summed E-state index contributed by atoms with van der Waals surface area (Å²) < 4.78 is 10.1. The van der Waals surface area contributed by atoms with Crippen LogP contribution in [0, 0.1) is 35.5 Å². The van der Waals surface area contributed by atoms with Crippen molar-refractivity contribution in [2.24, 2.45) is 35.5 Å². The summed E-state index contributed by atoms with van der Waals surface area (Å²) >= 11 is 2.00. The summed E-state index contributed by atoms with van der Waals surface area (Å²) in [6.07, 6.45) is 13.2. The molecule has 3 nitrogen and oxygen atoms in total. The molecule has 394 valence electrons. The van der Waals surface area contributed by atoms with Crippen LogP contribution in [0.25, 0.3) is 65.1 Å². The Hall–Kier alpha value is -6.56. The molecule has 17 rings (SSSR count). The fraction of sp³-hybridized carbons (Fsp3) is 0.351. The summed E-state index contributed by atoms with van der Waals surface area (Å²) in [5.74, 6) is 4.58. The molecule has 5 aliphatic carbocycles. The molecule has 2 aromatic heterocycles. The molecule has 5 fully saturated rings. The van der Waals surface area contributed by atoms with Gasteiger partial charge in [-0.1, -0.05) is 146 Å². The van der Waals surface area contributed by atoms with Gasteiger partial charge in [0.1, 0.15) is 11.2 Å². The Morgan fingerprint density at radius 1 is 0.582 bits per heavy atom. The van der Waals surface area contributed by atoms with Crippen molar-refractivity contribution in [1.82, 2.24) is 0 Å². The van der Waals surface area contributed by atoms with Gasteiger partial charge in [-0.2, -0.15) is 0 Å². The second-order valence-corrected chi connectivity index (χ2v) is 28.7. The third-order valence-corrected chi connectivity index (χ3v) is 22.4. The SMILES string of the molecule is CC1CC2CC(C)CC(c3ccc4c(c3)-c3c5c(cc6c3oc3ccccc36)N(c3ccc(C(C)(C)C)cc3-c3ccccc3)c3c(sc6cc7ccccc7cc36)B5N4c3ccc(C45CCC(CC(C)C4)C(C)C5)cc3)(C1)C2. The number of benzene rings is 8. The van der Waals surface area contributed by atoms with Crippen LogP contribution in [0.1, 0.15) is 129 Å². The molecule has 0 saturated heterocycles. The van der Waals surface area contributed by atoms with Gasteiger partial charge in [0, 0.05) is 59.4 Å². The smallest absolute Gasteiger partial charge is 0.343 e. The van der Waals surface area contributed by atoms with Crippen LogP contribution in [0.2, 0.25) is 0 Å². The van der Waals surface area contributed by atoms with E-state index in [4.69, 9.17) is 4.42 Å². The lowest BCUT2D eigenvalue weighted by atomic mass is 9.46. The lowest BCUT2D eigenvalue weighted by Gasteiger charge is -2.51. The molecular weight excluding hydrogens is 976 g/mol. The predicted molar refractivity (Wildman–Crippen MR) is 338 cm³/mol. The minimum Gasteiger partial charge on any atom is -0.455 e. The third-order valence-electron chi connectivity index (χ3n) is 21.2. The Balaban J connectivity index is 1.02. The molecule has 0 N–H and O–H groups in total. The number of furan rings is 1. The molecule has 5 heteroatoms. The van der Waals surface area contributed by atoms with Crippen LogP contribution < -0.4 is 20.0 Å². The quantitative estimate of drug-likeness (QED) is 0.160. The standard InChI is InChI=1S/C74H73BN2OS/c1-44-31-48-32-45(2)41-74(40-44,43-48)55-24-28-63-60(37-55)67-68-64(38-59-57-19-13-14-20-65(57)78-70(59)67)76(62-27-23-54(72(5,6)7)36-58(62)49-15-9-8-10-16-49)69-61-34-51-17-11-12-18-52(51)35-66(61)79-71(69)75(68)77(63)56-25-21-53(22-26-56)73-30-29-50(47(4)42-73)33-46(3)39-73/h8-28,34-38,44-48,50H,29-33,39-43H2,1-7H3. The predicted octanol–water partition coefficient (Wildman–Crippen LogP) is 19.8. The number of thiophene rings is 1. The van der Waals surface area contributed by atoms with Crippen molar-refractivity contribution in [1.29, 1.82) is 0 Å². The zero-order valence-electron chi connectivity index (χ0n) is 47.3. The monoisotopic (exact) mass is 1050 g/mol. The second-order valence-electron chi connectivity index (χ2n) is 27.7. The Bertz CT molecular complexity index is 4080. The molecule has 10 aromatic rings. The number of fused-ring (bicyclic) bond motifs is 17. The molecule has 0 spiro atoms. The highest BCUT2D eigenvalue weighted by Gasteiger charge is 2.51. The van der Waals surface area contributed by atoms with Crippen LogP contribution in [-0.2, 0) is 16.2 Å². The molecule has 5 saturated carbocycles. The first-order valence-corrected chi connectivity index (χ1v) is 31.1. The van der Waals surface area contributed by atoms with Crippen molar-refractivity contribution in [3.63, 3.8) is 0 Å². The number of rotatable bonds is 5. The van der Waals surface area contributed by atoms with Gasteiger partial charge in [0.2, 0.25) is 0 Å². The van der Waals surface area contributed by atoms with E-state index in [1.807, 2.05) is 11.3 Å². The highest BCUT2D eigenvalue weighted by atomic mass is 32.1. The number of hydrogen-bond donors (Lipinski definition) is 0. The van der Waals surface area contributed by atoms with E-state index in [-0.39, 0.29) is 23.1 Å². The Morgan fingerprint density at radius 2 is 1.28 bits per heavy atom. The summed E-state index contributed by atoms with van der Waals surface area (Å²) in [7, 11) is 0. The fourth-order valence-electron chi connectivity index (χ4n) is 18.1. The molecule has 8 aromatic carbocycles. The summed E-state index contributed by atoms with van der Waals surface area (Å²) in [4.78, 5) is 5.53. The average molecular weight is 1050 g/mol. The van der Waals surface area contributed by atoms with Crippen LogP contribution in [0.4, 0.5) is 28.4 Å². The lowest BCUT2D eigenvalue weighted by molar-refractivity contribution is 0.0781. The minimum absolute atomic E-state index is 0.0447. The maximum atomic E-state index is 7.41. The van der Waals surface area contributed by atoms with Gasteiger partial charge in [-0.05, 0) is 215 Å². The first-order chi connectivity index (χ1) is 38.3. The number of para-hydroxylation sites is 1. The Labute approximate surface area is 472 Å². The number of nitrogens with zero attached hydrogens (tertiary/aromatic N) is 2. The lowest BCUT2D eigenvalue weighted by Crippen LogP contribution is -2.60. The van der Waals surface area contributed by atoms with Crippen LogP contribution in [-0.4, -0.2) is 6.85 Å². The van der Waals surface area contributed by atoms with E-state index in [1.165, 1.54) is 168 Å². The van der Waals surface area contributed by atoms with E-state index in [0.29, 0.717) is 11.8 Å². The second kappa shape index (κ2) is 17.5.